The van der Waals surface area contributed by atoms with Gasteiger partial charge >= 0.3 is 0 Å². The molecule has 0 unspecified atom stereocenters. The monoisotopic (exact) mass is 335 g/mol. The minimum absolute atomic E-state index is 0.0685. The predicted octanol–water partition coefficient (Wildman–Crippen LogP) is 1.03. The van der Waals surface area contributed by atoms with Crippen LogP contribution in [0.4, 0.5) is 0 Å². The Balaban J connectivity index is 1.39. The molecule has 0 radical (unpaired) electrons. The van der Waals surface area contributed by atoms with Crippen molar-refractivity contribution in [1.29, 1.82) is 0 Å². The van der Waals surface area contributed by atoms with Crippen LogP contribution < -0.4 is 0 Å². The quantitative estimate of drug-likeness (QED) is 0.889. The lowest BCUT2D eigenvalue weighted by Gasteiger charge is -2.40. The minimum Gasteiger partial charge on any atom is -0.447 e. The van der Waals surface area contributed by atoms with Gasteiger partial charge in [0.25, 0.3) is 5.91 Å². The molecule has 3 aliphatic rings. The molecule has 1 amide bonds. The molecule has 132 valence electrons. The van der Waals surface area contributed by atoms with Gasteiger partial charge in [0.05, 0.1) is 31.4 Å². The van der Waals surface area contributed by atoms with Gasteiger partial charge in [0.2, 0.25) is 5.89 Å². The number of hydrogen-bond donors (Lipinski definition) is 1. The number of oxazole rings is 1. The average Bonchev–Trinajstić information content (AvgIpc) is 3.30. The van der Waals surface area contributed by atoms with E-state index >= 15 is 0 Å². The fourth-order valence-electron chi connectivity index (χ4n) is 4.13. The summed E-state index contributed by atoms with van der Waals surface area (Å²) in [5.41, 5.74) is 0.242. The van der Waals surface area contributed by atoms with Gasteiger partial charge in [0.1, 0.15) is 6.26 Å². The van der Waals surface area contributed by atoms with Gasteiger partial charge in [-0.15, -0.1) is 0 Å². The van der Waals surface area contributed by atoms with Crippen LogP contribution in [0.15, 0.2) is 10.7 Å². The van der Waals surface area contributed by atoms with Gasteiger partial charge in [0.15, 0.2) is 5.69 Å². The van der Waals surface area contributed by atoms with Crippen LogP contribution in [-0.4, -0.2) is 70.3 Å². The molecule has 1 atom stereocenters. The minimum atomic E-state index is -0.267. The Labute approximate surface area is 141 Å². The number of ether oxygens (including phenoxy) is 1. The lowest BCUT2D eigenvalue weighted by molar-refractivity contribution is -0.0949. The molecular formula is C17H25N3O4. The molecule has 24 heavy (non-hydrogen) atoms. The van der Waals surface area contributed by atoms with Crippen LogP contribution in [0.25, 0.3) is 0 Å². The second-order valence-electron chi connectivity index (χ2n) is 7.27. The van der Waals surface area contributed by atoms with E-state index in [0.29, 0.717) is 44.4 Å². The molecule has 1 aromatic rings. The van der Waals surface area contributed by atoms with E-state index in [2.05, 4.69) is 9.88 Å². The molecule has 3 fully saturated rings. The molecule has 0 aromatic carbocycles. The summed E-state index contributed by atoms with van der Waals surface area (Å²) in [6, 6.07) is 0. The molecule has 1 aliphatic carbocycles. The number of aliphatic hydroxyl groups is 1. The molecule has 1 spiro atoms. The van der Waals surface area contributed by atoms with Crippen LogP contribution in [0.1, 0.15) is 48.5 Å². The summed E-state index contributed by atoms with van der Waals surface area (Å²) in [4.78, 5) is 21.1. The molecule has 2 saturated heterocycles. The average molecular weight is 335 g/mol. The lowest BCUT2D eigenvalue weighted by atomic mass is 9.99. The number of nitrogens with zero attached hydrogens (tertiary/aromatic N) is 3. The molecular weight excluding hydrogens is 310 g/mol. The number of likely N-dealkylation sites (tertiary alicyclic amines) is 1. The van der Waals surface area contributed by atoms with E-state index in [0.717, 1.165) is 25.8 Å². The van der Waals surface area contributed by atoms with Crippen molar-refractivity contribution >= 4 is 5.91 Å². The van der Waals surface area contributed by atoms with Crippen molar-refractivity contribution in [1.82, 2.24) is 14.8 Å². The summed E-state index contributed by atoms with van der Waals surface area (Å²) in [7, 11) is 0. The smallest absolute Gasteiger partial charge is 0.275 e. The molecule has 1 saturated carbocycles. The van der Waals surface area contributed by atoms with Gasteiger partial charge in [-0.2, -0.15) is 0 Å². The summed E-state index contributed by atoms with van der Waals surface area (Å²) in [5, 5.41) is 9.58. The maximum atomic E-state index is 12.7. The first-order valence-electron chi connectivity index (χ1n) is 8.92. The molecule has 3 heterocycles. The number of hydrogen-bond acceptors (Lipinski definition) is 6. The van der Waals surface area contributed by atoms with E-state index in [-0.39, 0.29) is 17.6 Å². The molecule has 0 bridgehead atoms. The highest BCUT2D eigenvalue weighted by atomic mass is 16.5. The first-order chi connectivity index (χ1) is 11.6. The van der Waals surface area contributed by atoms with E-state index in [1.165, 1.54) is 19.1 Å². The molecule has 1 aromatic heterocycles. The Kier molecular flexibility index (Phi) is 4.32. The highest BCUT2D eigenvalue weighted by Gasteiger charge is 2.41. The Morgan fingerprint density at radius 1 is 1.38 bits per heavy atom. The van der Waals surface area contributed by atoms with Crippen molar-refractivity contribution in [3.8, 4) is 0 Å². The predicted molar refractivity (Wildman–Crippen MR) is 85.5 cm³/mol. The van der Waals surface area contributed by atoms with Crippen LogP contribution >= 0.6 is 0 Å². The third-order valence-electron chi connectivity index (χ3n) is 5.43. The van der Waals surface area contributed by atoms with Crippen molar-refractivity contribution in [3.05, 3.63) is 17.8 Å². The van der Waals surface area contributed by atoms with E-state index in [1.54, 1.807) is 0 Å². The van der Waals surface area contributed by atoms with Crippen molar-refractivity contribution < 1.29 is 19.1 Å². The molecule has 1 N–H and O–H groups in total. The van der Waals surface area contributed by atoms with Gasteiger partial charge < -0.3 is 19.2 Å². The van der Waals surface area contributed by atoms with Crippen LogP contribution in [0.5, 0.6) is 0 Å². The molecule has 7 heteroatoms. The van der Waals surface area contributed by atoms with Gasteiger partial charge in [-0.25, -0.2) is 4.98 Å². The fourth-order valence-corrected chi connectivity index (χ4v) is 4.13. The van der Waals surface area contributed by atoms with Crippen molar-refractivity contribution in [2.24, 2.45) is 0 Å². The van der Waals surface area contributed by atoms with Gasteiger partial charge in [-0.1, -0.05) is 12.8 Å². The number of amides is 1. The fraction of sp³-hybridized carbons (Fsp3) is 0.765. The van der Waals surface area contributed by atoms with Gasteiger partial charge in [0, 0.05) is 19.6 Å². The number of aliphatic hydroxyl groups excluding tert-OH is 1. The van der Waals surface area contributed by atoms with E-state index in [1.807, 2.05) is 4.90 Å². The molecule has 2 aliphatic heterocycles. The molecule has 7 nitrogen and oxygen atoms in total. The summed E-state index contributed by atoms with van der Waals surface area (Å²) < 4.78 is 11.5. The van der Waals surface area contributed by atoms with Crippen LogP contribution in [0, 0.1) is 0 Å². The zero-order chi connectivity index (χ0) is 16.6. The number of carbonyl (C=O) groups excluding carboxylic acids is 1. The van der Waals surface area contributed by atoms with Gasteiger partial charge in [-0.3, -0.25) is 9.69 Å². The van der Waals surface area contributed by atoms with Crippen LogP contribution in [-0.2, 0) is 11.3 Å². The Bertz CT molecular complexity index is 596. The third-order valence-corrected chi connectivity index (χ3v) is 5.43. The van der Waals surface area contributed by atoms with E-state index in [4.69, 9.17) is 9.15 Å². The highest BCUT2D eigenvalue weighted by molar-refractivity contribution is 5.92. The standard InChI is InChI=1S/C17H25N3O4/c21-13-3-6-19(9-13)10-15-18-14(11-23-15)16(22)20-7-8-24-17(12-20)4-1-2-5-17/h11,13,21H,1-10,12H2/t13-/m0/s1. The Morgan fingerprint density at radius 2 is 2.21 bits per heavy atom. The second-order valence-corrected chi connectivity index (χ2v) is 7.27. The normalized spacial score (nSPS) is 27.2. The van der Waals surface area contributed by atoms with Crippen molar-refractivity contribution in [2.45, 2.75) is 50.4 Å². The SMILES string of the molecule is O=C(c1coc(CN2CC[C@H](O)C2)n1)N1CCOC2(CCCC2)C1. The summed E-state index contributed by atoms with van der Waals surface area (Å²) in [6.07, 6.45) is 6.41. The molecule has 4 rings (SSSR count). The highest BCUT2D eigenvalue weighted by Crippen LogP contribution is 2.36. The number of carbonyl (C=O) groups is 1. The zero-order valence-corrected chi connectivity index (χ0v) is 13.9. The summed E-state index contributed by atoms with van der Waals surface area (Å²) in [6.45, 7) is 3.88. The topological polar surface area (TPSA) is 79.0 Å². The maximum Gasteiger partial charge on any atom is 0.275 e. The van der Waals surface area contributed by atoms with Crippen LogP contribution in [0.3, 0.4) is 0 Å². The van der Waals surface area contributed by atoms with E-state index in [9.17, 15) is 9.90 Å². The number of β-amino-alcohol motifs (C(OH)–C–C–N with tert-alkyl or cyclic N) is 1. The largest absolute Gasteiger partial charge is 0.447 e. The number of morpholine rings is 1. The Hall–Kier alpha value is -1.44. The van der Waals surface area contributed by atoms with Crippen molar-refractivity contribution in [3.63, 3.8) is 0 Å². The van der Waals surface area contributed by atoms with E-state index < -0.39 is 0 Å². The lowest BCUT2D eigenvalue weighted by Crippen LogP contribution is -2.52. The van der Waals surface area contributed by atoms with Gasteiger partial charge in [-0.05, 0) is 19.3 Å². The first-order valence-corrected chi connectivity index (χ1v) is 8.92. The summed E-state index contributed by atoms with van der Waals surface area (Å²) >= 11 is 0. The second kappa shape index (κ2) is 6.46. The summed E-state index contributed by atoms with van der Waals surface area (Å²) in [5.74, 6) is 0.470. The maximum absolute atomic E-state index is 12.7. The zero-order valence-electron chi connectivity index (χ0n) is 13.9. The Morgan fingerprint density at radius 3 is 2.96 bits per heavy atom. The number of aromatic nitrogens is 1. The first kappa shape index (κ1) is 16.1. The number of rotatable bonds is 3. The van der Waals surface area contributed by atoms with Crippen LogP contribution in [0.2, 0.25) is 0 Å². The van der Waals surface area contributed by atoms with Crippen molar-refractivity contribution in [2.75, 3.05) is 32.8 Å². The third kappa shape index (κ3) is 3.20.